The number of likely N-dealkylation sites (tertiary alicyclic amines) is 1. The minimum Gasteiger partial charge on any atom is -0.356 e. The first-order valence-electron chi connectivity index (χ1n) is 10.5. The lowest BCUT2D eigenvalue weighted by Gasteiger charge is -2.44. The summed E-state index contributed by atoms with van der Waals surface area (Å²) in [5.41, 5.74) is 5.92. The second-order valence-corrected chi connectivity index (χ2v) is 8.01. The largest absolute Gasteiger partial charge is 0.356 e. The van der Waals surface area contributed by atoms with E-state index in [1.165, 1.54) is 32.1 Å². The van der Waals surface area contributed by atoms with E-state index in [1.54, 1.807) is 0 Å². The predicted molar refractivity (Wildman–Crippen MR) is 109 cm³/mol. The summed E-state index contributed by atoms with van der Waals surface area (Å²) in [6.45, 7) is 8.66. The third kappa shape index (κ3) is 4.86. The van der Waals surface area contributed by atoms with Gasteiger partial charge in [-0.25, -0.2) is 4.98 Å². The van der Waals surface area contributed by atoms with Crippen LogP contribution in [0.2, 0.25) is 0 Å². The number of hydrogen-bond donors (Lipinski definition) is 2. The molecular formula is C20H36N6. The van der Waals surface area contributed by atoms with E-state index >= 15 is 0 Å². The highest BCUT2D eigenvalue weighted by Crippen LogP contribution is 2.25. The first-order valence-corrected chi connectivity index (χ1v) is 10.5. The van der Waals surface area contributed by atoms with Crippen LogP contribution in [0.1, 0.15) is 58.8 Å². The summed E-state index contributed by atoms with van der Waals surface area (Å²) in [5.74, 6) is 1.83. The number of rotatable bonds is 6. The molecule has 2 unspecified atom stereocenters. The monoisotopic (exact) mass is 360 g/mol. The van der Waals surface area contributed by atoms with Crippen molar-refractivity contribution in [2.45, 2.75) is 76.9 Å². The third-order valence-electron chi connectivity index (χ3n) is 5.83. The molecule has 0 radical (unpaired) electrons. The zero-order valence-corrected chi connectivity index (χ0v) is 16.5. The van der Waals surface area contributed by atoms with Crippen molar-refractivity contribution < 1.29 is 0 Å². The first kappa shape index (κ1) is 19.4. The van der Waals surface area contributed by atoms with Crippen molar-refractivity contribution in [1.82, 2.24) is 14.9 Å². The molecule has 0 aromatic carbocycles. The van der Waals surface area contributed by atoms with Crippen molar-refractivity contribution >= 4 is 11.8 Å². The van der Waals surface area contributed by atoms with Crippen molar-refractivity contribution in [2.24, 2.45) is 5.73 Å². The minimum absolute atomic E-state index is 0.370. The van der Waals surface area contributed by atoms with Gasteiger partial charge in [-0.05, 0) is 65.1 Å². The lowest BCUT2D eigenvalue weighted by atomic mass is 9.92. The van der Waals surface area contributed by atoms with Crippen LogP contribution in [0.5, 0.6) is 0 Å². The van der Waals surface area contributed by atoms with E-state index in [-0.39, 0.29) is 0 Å². The van der Waals surface area contributed by atoms with E-state index in [1.807, 2.05) is 6.20 Å². The molecule has 146 valence electrons. The van der Waals surface area contributed by atoms with Crippen LogP contribution in [0, 0.1) is 0 Å². The Bertz CT molecular complexity index is 541. The van der Waals surface area contributed by atoms with Crippen LogP contribution in [0.3, 0.4) is 0 Å². The maximum atomic E-state index is 5.92. The highest BCUT2D eigenvalue weighted by atomic mass is 15.3. The summed E-state index contributed by atoms with van der Waals surface area (Å²) < 4.78 is 0. The molecule has 2 fully saturated rings. The summed E-state index contributed by atoms with van der Waals surface area (Å²) in [4.78, 5) is 14.4. The summed E-state index contributed by atoms with van der Waals surface area (Å²) in [5, 5.41) is 3.65. The smallest absolute Gasteiger partial charge is 0.224 e. The second kappa shape index (κ2) is 9.51. The van der Waals surface area contributed by atoms with Gasteiger partial charge in [0.15, 0.2) is 0 Å². The van der Waals surface area contributed by atoms with E-state index < -0.39 is 0 Å². The quantitative estimate of drug-likeness (QED) is 0.813. The topological polar surface area (TPSA) is 70.3 Å². The minimum atomic E-state index is 0.370. The van der Waals surface area contributed by atoms with Crippen molar-refractivity contribution in [3.05, 3.63) is 12.3 Å². The summed E-state index contributed by atoms with van der Waals surface area (Å²) >= 11 is 0. The van der Waals surface area contributed by atoms with Crippen LogP contribution in [0.4, 0.5) is 11.8 Å². The molecule has 3 N–H and O–H groups in total. The molecule has 0 amide bonds. The van der Waals surface area contributed by atoms with Gasteiger partial charge in [0, 0.05) is 37.4 Å². The fourth-order valence-corrected chi connectivity index (χ4v) is 4.49. The second-order valence-electron chi connectivity index (χ2n) is 8.01. The molecule has 0 aliphatic carbocycles. The number of nitrogens with one attached hydrogen (secondary N) is 1. The maximum absolute atomic E-state index is 5.92. The Hall–Kier alpha value is -1.40. The Balaban J connectivity index is 1.71. The van der Waals surface area contributed by atoms with E-state index in [9.17, 15) is 0 Å². The van der Waals surface area contributed by atoms with Gasteiger partial charge in [0.05, 0.1) is 0 Å². The average molecular weight is 361 g/mol. The molecule has 2 atom stereocenters. The Morgan fingerprint density at radius 3 is 2.62 bits per heavy atom. The van der Waals surface area contributed by atoms with Gasteiger partial charge in [-0.3, -0.25) is 4.90 Å². The average Bonchev–Trinajstić information content (AvgIpc) is 2.93. The summed E-state index contributed by atoms with van der Waals surface area (Å²) in [6, 6.07) is 3.42. The first-order chi connectivity index (χ1) is 12.7. The van der Waals surface area contributed by atoms with Gasteiger partial charge in [0.1, 0.15) is 5.82 Å². The molecule has 2 aliphatic rings. The number of hydrogen-bond acceptors (Lipinski definition) is 6. The summed E-state index contributed by atoms with van der Waals surface area (Å²) in [7, 11) is 0. The standard InChI is InChI=1S/C20H36N6/c1-16(2)26-15-7-8-17(18(26)9-11-21)23-20-22-12-10-19(24-20)25-13-5-3-4-6-14-25/h10,12,16-18H,3-9,11,13-15,21H2,1-2H3,(H,22,23,24). The summed E-state index contributed by atoms with van der Waals surface area (Å²) in [6.07, 6.45) is 10.5. The Labute approximate surface area is 158 Å². The molecule has 3 heterocycles. The van der Waals surface area contributed by atoms with E-state index in [4.69, 9.17) is 10.7 Å². The van der Waals surface area contributed by atoms with Crippen LogP contribution >= 0.6 is 0 Å². The molecule has 1 aromatic rings. The molecule has 6 heteroatoms. The van der Waals surface area contributed by atoms with Crippen LogP contribution in [0.25, 0.3) is 0 Å². The number of anilines is 2. The Kier molecular flexibility index (Phi) is 7.08. The SMILES string of the molecule is CC(C)N1CCCC(Nc2nccc(N3CCCCCC3)n2)C1CCN. The molecular weight excluding hydrogens is 324 g/mol. The molecule has 2 saturated heterocycles. The molecule has 3 rings (SSSR count). The Morgan fingerprint density at radius 2 is 1.92 bits per heavy atom. The van der Waals surface area contributed by atoms with Crippen molar-refractivity contribution in [1.29, 1.82) is 0 Å². The van der Waals surface area contributed by atoms with Gasteiger partial charge < -0.3 is 16.0 Å². The van der Waals surface area contributed by atoms with Crippen molar-refractivity contribution in [3.63, 3.8) is 0 Å². The highest BCUT2D eigenvalue weighted by Gasteiger charge is 2.32. The maximum Gasteiger partial charge on any atom is 0.224 e. The Morgan fingerprint density at radius 1 is 1.15 bits per heavy atom. The van der Waals surface area contributed by atoms with E-state index in [0.29, 0.717) is 18.1 Å². The fraction of sp³-hybridized carbons (Fsp3) is 0.800. The number of nitrogens with zero attached hydrogens (tertiary/aromatic N) is 4. The zero-order chi connectivity index (χ0) is 18.4. The third-order valence-corrected chi connectivity index (χ3v) is 5.83. The molecule has 0 bridgehead atoms. The van der Waals surface area contributed by atoms with Gasteiger partial charge in [0.2, 0.25) is 5.95 Å². The molecule has 0 saturated carbocycles. The normalized spacial score (nSPS) is 25.3. The number of nitrogens with two attached hydrogens (primary N) is 1. The van der Waals surface area contributed by atoms with Crippen molar-refractivity contribution in [3.8, 4) is 0 Å². The van der Waals surface area contributed by atoms with Gasteiger partial charge in [0.25, 0.3) is 0 Å². The fourth-order valence-electron chi connectivity index (χ4n) is 4.49. The van der Waals surface area contributed by atoms with E-state index in [0.717, 1.165) is 50.8 Å². The van der Waals surface area contributed by atoms with Crippen LogP contribution in [-0.4, -0.2) is 59.2 Å². The van der Waals surface area contributed by atoms with Crippen LogP contribution in [0.15, 0.2) is 12.3 Å². The van der Waals surface area contributed by atoms with Gasteiger partial charge in [-0.1, -0.05) is 12.8 Å². The molecule has 6 nitrogen and oxygen atoms in total. The van der Waals surface area contributed by atoms with E-state index in [2.05, 4.69) is 40.0 Å². The van der Waals surface area contributed by atoms with Gasteiger partial charge in [-0.15, -0.1) is 0 Å². The zero-order valence-electron chi connectivity index (χ0n) is 16.5. The molecule has 2 aliphatic heterocycles. The van der Waals surface area contributed by atoms with Crippen LogP contribution in [-0.2, 0) is 0 Å². The number of piperidine rings is 1. The lowest BCUT2D eigenvalue weighted by Crippen LogP contribution is -2.54. The number of aromatic nitrogens is 2. The van der Waals surface area contributed by atoms with Gasteiger partial charge >= 0.3 is 0 Å². The molecule has 26 heavy (non-hydrogen) atoms. The highest BCUT2D eigenvalue weighted by molar-refractivity contribution is 5.43. The molecule has 1 aromatic heterocycles. The van der Waals surface area contributed by atoms with Gasteiger partial charge in [-0.2, -0.15) is 4.98 Å². The lowest BCUT2D eigenvalue weighted by molar-refractivity contribution is 0.0962. The van der Waals surface area contributed by atoms with Crippen molar-refractivity contribution in [2.75, 3.05) is 36.4 Å². The van der Waals surface area contributed by atoms with Crippen LogP contribution < -0.4 is 16.0 Å². The predicted octanol–water partition coefficient (Wildman–Crippen LogP) is 2.86. The molecule has 0 spiro atoms.